The number of nitrogens with one attached hydrogen (secondary N) is 2. The van der Waals surface area contributed by atoms with Gasteiger partial charge in [0, 0.05) is 32.5 Å². The molecular weight excluding hydrogens is 500 g/mol. The predicted molar refractivity (Wildman–Crippen MR) is 123 cm³/mol. The first-order chi connectivity index (χ1) is 14.2. The van der Waals surface area contributed by atoms with E-state index in [1.54, 1.807) is 36.4 Å². The van der Waals surface area contributed by atoms with E-state index < -0.39 is 0 Å². The predicted octanol–water partition coefficient (Wildman–Crippen LogP) is 3.27. The highest BCUT2D eigenvalue weighted by Crippen LogP contribution is 2.32. The van der Waals surface area contributed by atoms with Crippen molar-refractivity contribution in [1.29, 1.82) is 0 Å². The lowest BCUT2D eigenvalue weighted by molar-refractivity contribution is 0.174. The van der Waals surface area contributed by atoms with Gasteiger partial charge in [0.15, 0.2) is 17.5 Å². The number of benzene rings is 2. The molecule has 4 rings (SSSR count). The van der Waals surface area contributed by atoms with E-state index >= 15 is 0 Å². The maximum atomic E-state index is 14.4. The van der Waals surface area contributed by atoms with Crippen molar-refractivity contribution < 1.29 is 13.9 Å². The maximum Gasteiger partial charge on any atom is 0.231 e. The molecule has 0 radical (unpaired) electrons. The molecule has 9 heteroatoms. The van der Waals surface area contributed by atoms with Gasteiger partial charge in [-0.25, -0.2) is 9.37 Å². The average molecular weight is 523 g/mol. The molecule has 0 bridgehead atoms. The van der Waals surface area contributed by atoms with Crippen LogP contribution in [0, 0.1) is 5.82 Å². The van der Waals surface area contributed by atoms with Gasteiger partial charge in [-0.1, -0.05) is 12.1 Å². The molecule has 7 nitrogen and oxygen atoms in total. The van der Waals surface area contributed by atoms with Gasteiger partial charge in [-0.15, -0.1) is 24.0 Å². The van der Waals surface area contributed by atoms with Crippen LogP contribution in [0.5, 0.6) is 11.5 Å². The number of aromatic nitrogens is 2. The van der Waals surface area contributed by atoms with Crippen LogP contribution in [0.3, 0.4) is 0 Å². The zero-order chi connectivity index (χ0) is 20.1. The van der Waals surface area contributed by atoms with Crippen LogP contribution in [0.4, 0.5) is 4.39 Å². The van der Waals surface area contributed by atoms with E-state index in [4.69, 9.17) is 9.47 Å². The summed E-state index contributed by atoms with van der Waals surface area (Å²) < 4.78 is 26.7. The number of hydrogen-bond donors (Lipinski definition) is 2. The first-order valence-corrected chi connectivity index (χ1v) is 9.33. The molecule has 0 fully saturated rings. The third kappa shape index (κ3) is 5.21. The summed E-state index contributed by atoms with van der Waals surface area (Å²) in [5.41, 5.74) is 2.44. The minimum absolute atomic E-state index is 0. The molecule has 0 atom stereocenters. The number of nitrogens with zero attached hydrogens (tertiary/aromatic N) is 3. The molecule has 3 aromatic rings. The number of rotatable bonds is 6. The summed E-state index contributed by atoms with van der Waals surface area (Å²) in [7, 11) is 1.71. The molecule has 0 saturated heterocycles. The molecule has 2 N–H and O–H groups in total. The zero-order valence-electron chi connectivity index (χ0n) is 16.5. The molecule has 0 unspecified atom stereocenters. The van der Waals surface area contributed by atoms with E-state index in [0.29, 0.717) is 24.7 Å². The third-order valence-corrected chi connectivity index (χ3v) is 4.62. The lowest BCUT2D eigenvalue weighted by Crippen LogP contribution is -2.37. The number of guanidine groups is 1. The van der Waals surface area contributed by atoms with Crippen LogP contribution in [0.2, 0.25) is 0 Å². The van der Waals surface area contributed by atoms with Crippen molar-refractivity contribution in [3.63, 3.8) is 0 Å². The van der Waals surface area contributed by atoms with Crippen LogP contribution in [0.25, 0.3) is 5.69 Å². The van der Waals surface area contributed by atoms with E-state index in [9.17, 15) is 4.39 Å². The summed E-state index contributed by atoms with van der Waals surface area (Å²) in [6, 6.07) is 11.1. The average Bonchev–Trinajstić information content (AvgIpc) is 3.42. The van der Waals surface area contributed by atoms with Crippen LogP contribution in [0.15, 0.2) is 60.1 Å². The normalized spacial score (nSPS) is 12.4. The van der Waals surface area contributed by atoms with Crippen molar-refractivity contribution in [3.05, 3.63) is 72.1 Å². The molecule has 1 aliphatic rings. The molecule has 0 amide bonds. The molecule has 1 aromatic heterocycles. The fraction of sp³-hybridized carbons (Fsp3) is 0.238. The van der Waals surface area contributed by atoms with Gasteiger partial charge in [0.05, 0.1) is 12.0 Å². The molecule has 30 heavy (non-hydrogen) atoms. The number of imidazole rings is 1. The highest BCUT2D eigenvalue weighted by molar-refractivity contribution is 14.0. The Morgan fingerprint density at radius 1 is 1.13 bits per heavy atom. The van der Waals surface area contributed by atoms with Crippen LogP contribution < -0.4 is 20.1 Å². The SMILES string of the molecule is CN=C(NCCc1ccc2c(c1)OCO2)NCc1ccc(-n2ccnc2)c(F)c1.I. The Hall–Kier alpha value is -2.82. The highest BCUT2D eigenvalue weighted by Gasteiger charge is 2.13. The molecular formula is C21H23FIN5O2. The summed E-state index contributed by atoms with van der Waals surface area (Å²) >= 11 is 0. The third-order valence-electron chi connectivity index (χ3n) is 4.62. The largest absolute Gasteiger partial charge is 0.454 e. The summed E-state index contributed by atoms with van der Waals surface area (Å²) in [5.74, 6) is 1.93. The van der Waals surface area contributed by atoms with Crippen molar-refractivity contribution in [2.45, 2.75) is 13.0 Å². The van der Waals surface area contributed by atoms with E-state index in [0.717, 1.165) is 29.0 Å². The van der Waals surface area contributed by atoms with Crippen molar-refractivity contribution in [1.82, 2.24) is 20.2 Å². The minimum atomic E-state index is -0.298. The number of aliphatic imine (C=N–C) groups is 1. The van der Waals surface area contributed by atoms with Crippen LogP contribution in [0.1, 0.15) is 11.1 Å². The summed E-state index contributed by atoms with van der Waals surface area (Å²) in [4.78, 5) is 8.16. The second-order valence-corrected chi connectivity index (χ2v) is 6.55. The lowest BCUT2D eigenvalue weighted by atomic mass is 10.1. The molecule has 0 spiro atoms. The van der Waals surface area contributed by atoms with Gasteiger partial charge in [0.1, 0.15) is 5.82 Å². The maximum absolute atomic E-state index is 14.4. The lowest BCUT2D eigenvalue weighted by Gasteiger charge is -2.13. The van der Waals surface area contributed by atoms with Crippen molar-refractivity contribution in [3.8, 4) is 17.2 Å². The van der Waals surface area contributed by atoms with Gasteiger partial charge in [-0.2, -0.15) is 0 Å². The van der Waals surface area contributed by atoms with Crippen LogP contribution in [-0.2, 0) is 13.0 Å². The van der Waals surface area contributed by atoms with E-state index in [-0.39, 0.29) is 36.6 Å². The van der Waals surface area contributed by atoms with Gasteiger partial charge in [-0.05, 0) is 41.8 Å². The van der Waals surface area contributed by atoms with Gasteiger partial charge < -0.3 is 24.7 Å². The number of halogens is 2. The number of fused-ring (bicyclic) bond motifs is 1. The quantitative estimate of drug-likeness (QED) is 0.295. The van der Waals surface area contributed by atoms with Crippen molar-refractivity contribution in [2.75, 3.05) is 20.4 Å². The number of hydrogen-bond acceptors (Lipinski definition) is 4. The Kier molecular flexibility index (Phi) is 7.50. The molecule has 0 aliphatic carbocycles. The van der Waals surface area contributed by atoms with E-state index in [1.807, 2.05) is 24.3 Å². The van der Waals surface area contributed by atoms with Crippen LogP contribution in [-0.4, -0.2) is 35.9 Å². The van der Waals surface area contributed by atoms with Gasteiger partial charge in [-0.3, -0.25) is 4.99 Å². The zero-order valence-corrected chi connectivity index (χ0v) is 18.8. The standard InChI is InChI=1S/C21H22FN5O2.HI/c1-23-21(25-7-6-15-3-5-19-20(11-15)29-14-28-19)26-12-16-2-4-18(17(22)10-16)27-9-8-24-13-27;/h2-5,8-11,13H,6-7,12,14H2,1H3,(H2,23,25,26);1H. The minimum Gasteiger partial charge on any atom is -0.454 e. The highest BCUT2D eigenvalue weighted by atomic mass is 127. The smallest absolute Gasteiger partial charge is 0.231 e. The monoisotopic (exact) mass is 523 g/mol. The Labute approximate surface area is 191 Å². The Balaban J connectivity index is 0.00000256. The first kappa shape index (κ1) is 21.9. The Morgan fingerprint density at radius 2 is 1.97 bits per heavy atom. The van der Waals surface area contributed by atoms with E-state index in [1.165, 1.54) is 6.07 Å². The molecule has 2 aromatic carbocycles. The Bertz CT molecular complexity index is 1010. The molecule has 2 heterocycles. The van der Waals surface area contributed by atoms with Gasteiger partial charge >= 0.3 is 0 Å². The summed E-state index contributed by atoms with van der Waals surface area (Å²) in [6.07, 6.45) is 5.71. The second kappa shape index (κ2) is 10.3. The van der Waals surface area contributed by atoms with E-state index in [2.05, 4.69) is 20.6 Å². The second-order valence-electron chi connectivity index (χ2n) is 6.55. The Morgan fingerprint density at radius 3 is 2.73 bits per heavy atom. The van der Waals surface area contributed by atoms with Crippen LogP contribution >= 0.6 is 24.0 Å². The van der Waals surface area contributed by atoms with Crippen molar-refractivity contribution in [2.24, 2.45) is 4.99 Å². The molecule has 158 valence electrons. The summed E-state index contributed by atoms with van der Waals surface area (Å²) in [5, 5.41) is 6.47. The van der Waals surface area contributed by atoms with Gasteiger partial charge in [0.25, 0.3) is 0 Å². The first-order valence-electron chi connectivity index (χ1n) is 9.33. The van der Waals surface area contributed by atoms with Crippen molar-refractivity contribution >= 4 is 29.9 Å². The fourth-order valence-corrected chi connectivity index (χ4v) is 3.10. The molecule has 1 aliphatic heterocycles. The summed E-state index contributed by atoms with van der Waals surface area (Å²) in [6.45, 7) is 1.44. The number of ether oxygens (including phenoxy) is 2. The van der Waals surface area contributed by atoms with Gasteiger partial charge in [0.2, 0.25) is 6.79 Å². The molecule has 0 saturated carbocycles. The fourth-order valence-electron chi connectivity index (χ4n) is 3.10. The topological polar surface area (TPSA) is 72.7 Å².